The molecule has 184 valence electrons. The Bertz CT molecular complexity index is 1300. The topological polar surface area (TPSA) is 99.5 Å². The monoisotopic (exact) mass is 476 g/mol. The van der Waals surface area contributed by atoms with Gasteiger partial charge in [-0.2, -0.15) is 4.98 Å². The standard InChI is InChI=1S/C25H32N8O2/c1-4-26-25-27-14-19-22(29-25)32-13-6-8-17(32)15-33(24(19)35)20-10-5-9-18-21(20)28-16-31(23(18)34)12-7-11-30(2)3/h5,9-10,14,16-17H,4,6-8,11-13,15H2,1-3H3,(H,26,27,29)/t17-/m0/s1. The van der Waals surface area contributed by atoms with Gasteiger partial charge in [-0.05, 0) is 59.0 Å². The molecule has 1 atom stereocenters. The molecule has 1 amide bonds. The first kappa shape index (κ1) is 23.2. The fraction of sp³-hybridized carbons (Fsp3) is 0.480. The number of carbonyl (C=O) groups is 1. The highest BCUT2D eigenvalue weighted by molar-refractivity contribution is 6.13. The third kappa shape index (κ3) is 4.34. The number of para-hydroxylation sites is 1. The SMILES string of the molecule is CCNc1ncc2c(n1)N1CCC[C@H]1CN(c1cccc3c(=O)n(CCCN(C)C)cnc13)C2=O. The maximum atomic E-state index is 13.8. The molecular formula is C25H32N8O2. The van der Waals surface area contributed by atoms with Gasteiger partial charge in [-0.15, -0.1) is 0 Å². The lowest BCUT2D eigenvalue weighted by Gasteiger charge is -2.27. The molecule has 2 aliphatic rings. The number of nitrogens with one attached hydrogen (secondary N) is 1. The van der Waals surface area contributed by atoms with Crippen molar-refractivity contribution in [3.05, 3.63) is 46.6 Å². The van der Waals surface area contributed by atoms with Crippen molar-refractivity contribution in [3.8, 4) is 0 Å². The second kappa shape index (κ2) is 9.61. The van der Waals surface area contributed by atoms with Crippen molar-refractivity contribution in [3.63, 3.8) is 0 Å². The molecule has 3 aromatic rings. The average Bonchev–Trinajstić information content (AvgIpc) is 3.27. The molecule has 10 heteroatoms. The van der Waals surface area contributed by atoms with Gasteiger partial charge in [-0.3, -0.25) is 14.2 Å². The van der Waals surface area contributed by atoms with E-state index in [9.17, 15) is 9.59 Å². The smallest absolute Gasteiger partial charge is 0.263 e. The number of aromatic nitrogens is 4. The first-order chi connectivity index (χ1) is 17.0. The van der Waals surface area contributed by atoms with Crippen molar-refractivity contribution < 1.29 is 4.79 Å². The second-order valence-electron chi connectivity index (χ2n) is 9.44. The molecule has 0 radical (unpaired) electrons. The highest BCUT2D eigenvalue weighted by Gasteiger charge is 2.38. The van der Waals surface area contributed by atoms with Crippen molar-refractivity contribution in [2.75, 3.05) is 55.4 Å². The molecule has 2 aliphatic heterocycles. The largest absolute Gasteiger partial charge is 0.354 e. The van der Waals surface area contributed by atoms with E-state index in [1.54, 1.807) is 28.1 Å². The number of carbonyl (C=O) groups excluding carboxylic acids is 1. The first-order valence-corrected chi connectivity index (χ1v) is 12.3. The Labute approximate surface area is 204 Å². The third-order valence-corrected chi connectivity index (χ3v) is 6.75. The number of aryl methyl sites for hydroxylation is 1. The number of rotatable bonds is 7. The summed E-state index contributed by atoms with van der Waals surface area (Å²) in [6.45, 7) is 5.55. The lowest BCUT2D eigenvalue weighted by molar-refractivity contribution is 0.0988. The van der Waals surface area contributed by atoms with Gasteiger partial charge in [0.15, 0.2) is 0 Å². The summed E-state index contributed by atoms with van der Waals surface area (Å²) in [6, 6.07) is 5.65. The predicted octanol–water partition coefficient (Wildman–Crippen LogP) is 2.20. The van der Waals surface area contributed by atoms with E-state index in [1.165, 1.54) is 0 Å². The normalized spacial score (nSPS) is 17.6. The fourth-order valence-corrected chi connectivity index (χ4v) is 5.05. The summed E-state index contributed by atoms with van der Waals surface area (Å²) in [7, 11) is 4.03. The van der Waals surface area contributed by atoms with Crippen LogP contribution in [0.3, 0.4) is 0 Å². The molecule has 35 heavy (non-hydrogen) atoms. The van der Waals surface area contributed by atoms with Gasteiger partial charge in [0, 0.05) is 38.4 Å². The minimum absolute atomic E-state index is 0.0839. The van der Waals surface area contributed by atoms with Gasteiger partial charge < -0.3 is 20.0 Å². The van der Waals surface area contributed by atoms with Crippen LogP contribution in [0.4, 0.5) is 17.5 Å². The zero-order valence-electron chi connectivity index (χ0n) is 20.6. The molecule has 0 saturated carbocycles. The Morgan fingerprint density at radius 3 is 2.86 bits per heavy atom. The van der Waals surface area contributed by atoms with Crippen molar-refractivity contribution in [2.45, 2.75) is 38.8 Å². The number of nitrogens with zero attached hydrogens (tertiary/aromatic N) is 7. The molecule has 0 spiro atoms. The average molecular weight is 477 g/mol. The van der Waals surface area contributed by atoms with Gasteiger partial charge in [-0.25, -0.2) is 9.97 Å². The van der Waals surface area contributed by atoms with Crippen LogP contribution >= 0.6 is 0 Å². The van der Waals surface area contributed by atoms with Crippen LogP contribution in [0.2, 0.25) is 0 Å². The molecule has 10 nitrogen and oxygen atoms in total. The summed E-state index contributed by atoms with van der Waals surface area (Å²) in [4.78, 5) is 46.9. The van der Waals surface area contributed by atoms with Crippen LogP contribution in [0, 0.1) is 0 Å². The van der Waals surface area contributed by atoms with Gasteiger partial charge >= 0.3 is 0 Å². The molecule has 0 unspecified atom stereocenters. The number of anilines is 3. The molecule has 1 saturated heterocycles. The van der Waals surface area contributed by atoms with E-state index in [0.29, 0.717) is 53.6 Å². The van der Waals surface area contributed by atoms with E-state index in [2.05, 4.69) is 25.1 Å². The molecule has 1 fully saturated rings. The van der Waals surface area contributed by atoms with Crippen molar-refractivity contribution >= 4 is 34.3 Å². The van der Waals surface area contributed by atoms with E-state index in [-0.39, 0.29) is 17.5 Å². The van der Waals surface area contributed by atoms with Gasteiger partial charge in [0.25, 0.3) is 11.5 Å². The molecule has 5 rings (SSSR count). The quantitative estimate of drug-likeness (QED) is 0.554. The van der Waals surface area contributed by atoms with Crippen molar-refractivity contribution in [2.24, 2.45) is 0 Å². The third-order valence-electron chi connectivity index (χ3n) is 6.75. The minimum atomic E-state index is -0.165. The van der Waals surface area contributed by atoms with Crippen LogP contribution in [0.1, 0.15) is 36.5 Å². The minimum Gasteiger partial charge on any atom is -0.354 e. The van der Waals surface area contributed by atoms with Crippen LogP contribution < -0.4 is 20.7 Å². The van der Waals surface area contributed by atoms with Crippen molar-refractivity contribution in [1.82, 2.24) is 24.4 Å². The van der Waals surface area contributed by atoms with Crippen LogP contribution in [-0.4, -0.2) is 76.6 Å². The molecule has 1 N–H and O–H groups in total. The Morgan fingerprint density at radius 1 is 1.20 bits per heavy atom. The number of amides is 1. The second-order valence-corrected chi connectivity index (χ2v) is 9.44. The van der Waals surface area contributed by atoms with E-state index in [1.807, 2.05) is 33.2 Å². The van der Waals surface area contributed by atoms with Crippen LogP contribution in [0.5, 0.6) is 0 Å². The molecule has 0 bridgehead atoms. The lowest BCUT2D eigenvalue weighted by Crippen LogP contribution is -2.40. The van der Waals surface area contributed by atoms with Gasteiger partial charge in [0.1, 0.15) is 16.9 Å². The summed E-state index contributed by atoms with van der Waals surface area (Å²) < 4.78 is 1.66. The summed E-state index contributed by atoms with van der Waals surface area (Å²) in [5, 5.41) is 3.67. The van der Waals surface area contributed by atoms with E-state index in [0.717, 1.165) is 32.4 Å². The predicted molar refractivity (Wildman–Crippen MR) is 137 cm³/mol. The maximum Gasteiger partial charge on any atom is 0.263 e. The molecular weight excluding hydrogens is 444 g/mol. The summed E-state index contributed by atoms with van der Waals surface area (Å²) in [5.41, 5.74) is 1.60. The number of hydrogen-bond donors (Lipinski definition) is 1. The Kier molecular flexibility index (Phi) is 6.38. The summed E-state index contributed by atoms with van der Waals surface area (Å²) >= 11 is 0. The molecule has 1 aromatic carbocycles. The zero-order valence-corrected chi connectivity index (χ0v) is 20.6. The van der Waals surface area contributed by atoms with Gasteiger partial charge in [0.05, 0.1) is 17.4 Å². The summed E-state index contributed by atoms with van der Waals surface area (Å²) in [5.74, 6) is 1.05. The van der Waals surface area contributed by atoms with Crippen molar-refractivity contribution in [1.29, 1.82) is 0 Å². The number of fused-ring (bicyclic) bond motifs is 4. The van der Waals surface area contributed by atoms with E-state index >= 15 is 0 Å². The molecule has 4 heterocycles. The van der Waals surface area contributed by atoms with Crippen LogP contribution in [0.25, 0.3) is 10.9 Å². The molecule has 0 aliphatic carbocycles. The highest BCUT2D eigenvalue weighted by Crippen LogP contribution is 2.35. The lowest BCUT2D eigenvalue weighted by atomic mass is 10.1. The fourth-order valence-electron chi connectivity index (χ4n) is 5.05. The van der Waals surface area contributed by atoms with Crippen LogP contribution in [0.15, 0.2) is 35.5 Å². The maximum absolute atomic E-state index is 13.8. The Hall–Kier alpha value is -3.53. The zero-order chi connectivity index (χ0) is 24.5. The number of benzene rings is 1. The van der Waals surface area contributed by atoms with E-state index < -0.39 is 0 Å². The van der Waals surface area contributed by atoms with Gasteiger partial charge in [-0.1, -0.05) is 6.07 Å². The summed E-state index contributed by atoms with van der Waals surface area (Å²) in [6.07, 6.45) is 6.09. The van der Waals surface area contributed by atoms with Gasteiger partial charge in [0.2, 0.25) is 5.95 Å². The molecule has 2 aromatic heterocycles. The highest BCUT2D eigenvalue weighted by atomic mass is 16.2. The Morgan fingerprint density at radius 2 is 2.06 bits per heavy atom. The van der Waals surface area contributed by atoms with E-state index in [4.69, 9.17) is 4.98 Å². The Balaban J connectivity index is 1.55. The van der Waals surface area contributed by atoms with Crippen LogP contribution in [-0.2, 0) is 6.54 Å². The number of hydrogen-bond acceptors (Lipinski definition) is 8. The first-order valence-electron chi connectivity index (χ1n) is 12.3.